The zero-order chi connectivity index (χ0) is 26.0. The highest BCUT2D eigenvalue weighted by Gasteiger charge is 2.21. The van der Waals surface area contributed by atoms with Crippen LogP contribution in [0, 0.1) is 18.3 Å². The molecule has 0 radical (unpaired) electrons. The number of nitrogens with one attached hydrogen (secondary N) is 2. The Morgan fingerprint density at radius 3 is 2.69 bits per heavy atom. The lowest BCUT2D eigenvalue weighted by molar-refractivity contribution is 0.341. The molecule has 4 aromatic rings. The average Bonchev–Trinajstić information content (AvgIpc) is 3.15. The van der Waals surface area contributed by atoms with Crippen molar-refractivity contribution in [1.82, 2.24) is 24.7 Å². The second kappa shape index (κ2) is 9.79. The van der Waals surface area contributed by atoms with Crippen molar-refractivity contribution in [3.05, 3.63) is 57.8 Å². The second-order valence-electron chi connectivity index (χ2n) is 8.13. The Labute approximate surface area is 207 Å². The van der Waals surface area contributed by atoms with Gasteiger partial charge in [0.15, 0.2) is 5.52 Å². The summed E-state index contributed by atoms with van der Waals surface area (Å²) in [7, 11) is -2.36. The minimum absolute atomic E-state index is 0.0642. The molecule has 0 bridgehead atoms. The quantitative estimate of drug-likeness (QED) is 0.369. The Morgan fingerprint density at radius 1 is 1.25 bits per heavy atom. The number of hydrogen-bond acceptors (Lipinski definition) is 8. The monoisotopic (exact) mass is 507 g/mol. The summed E-state index contributed by atoms with van der Waals surface area (Å²) >= 11 is 0. The van der Waals surface area contributed by atoms with Gasteiger partial charge in [-0.05, 0) is 50.1 Å². The Balaban J connectivity index is 1.83. The Bertz CT molecular complexity index is 1670. The lowest BCUT2D eigenvalue weighted by atomic mass is 10.1. The number of fused-ring (bicyclic) bond motifs is 1. The zero-order valence-corrected chi connectivity index (χ0v) is 21.1. The highest BCUT2D eigenvalue weighted by Crippen LogP contribution is 2.32. The molecule has 1 aromatic carbocycles. The number of nitriles is 1. The van der Waals surface area contributed by atoms with Gasteiger partial charge in [0.05, 0.1) is 34.6 Å². The summed E-state index contributed by atoms with van der Waals surface area (Å²) < 4.78 is 36.1. The third-order valence-electron chi connectivity index (χ3n) is 5.50. The number of anilines is 1. The van der Waals surface area contributed by atoms with Crippen molar-refractivity contribution in [3.8, 4) is 23.2 Å². The van der Waals surface area contributed by atoms with Crippen LogP contribution in [-0.2, 0) is 23.5 Å². The third-order valence-corrected chi connectivity index (χ3v) is 6.88. The van der Waals surface area contributed by atoms with Gasteiger partial charge in [-0.15, -0.1) is 0 Å². The third kappa shape index (κ3) is 4.65. The van der Waals surface area contributed by atoms with Crippen LogP contribution in [0.5, 0.6) is 5.75 Å². The molecule has 0 unspecified atom stereocenters. The van der Waals surface area contributed by atoms with Gasteiger partial charge in [-0.3, -0.25) is 14.2 Å². The Kier molecular flexibility index (Phi) is 6.76. The molecule has 186 valence electrons. The van der Waals surface area contributed by atoms with E-state index in [0.29, 0.717) is 46.6 Å². The van der Waals surface area contributed by atoms with Gasteiger partial charge in [0, 0.05) is 7.05 Å². The number of benzene rings is 1. The number of aromatic amines is 1. The number of aromatic nitrogens is 5. The van der Waals surface area contributed by atoms with Crippen LogP contribution in [-0.4, -0.2) is 39.8 Å². The minimum atomic E-state index is -4.04. The summed E-state index contributed by atoms with van der Waals surface area (Å²) in [5, 5.41) is 13.5. The van der Waals surface area contributed by atoms with E-state index >= 15 is 0 Å². The van der Waals surface area contributed by atoms with E-state index in [4.69, 9.17) is 10.00 Å². The summed E-state index contributed by atoms with van der Waals surface area (Å²) in [5.74, 6) is 0.546. The van der Waals surface area contributed by atoms with E-state index in [1.165, 1.54) is 35.1 Å². The van der Waals surface area contributed by atoms with E-state index in [2.05, 4.69) is 24.8 Å². The van der Waals surface area contributed by atoms with Gasteiger partial charge in [-0.2, -0.15) is 10.4 Å². The molecular weight excluding hydrogens is 482 g/mol. The first kappa shape index (κ1) is 24.9. The summed E-state index contributed by atoms with van der Waals surface area (Å²) in [6.07, 6.45) is 2.74. The van der Waals surface area contributed by atoms with Crippen LogP contribution in [0.3, 0.4) is 0 Å². The molecule has 12 heteroatoms. The van der Waals surface area contributed by atoms with Crippen LogP contribution >= 0.6 is 0 Å². The van der Waals surface area contributed by atoms with E-state index in [1.54, 1.807) is 20.9 Å². The van der Waals surface area contributed by atoms with Gasteiger partial charge in [0.1, 0.15) is 28.9 Å². The fourth-order valence-electron chi connectivity index (χ4n) is 3.88. The fourth-order valence-corrected chi connectivity index (χ4v) is 4.94. The van der Waals surface area contributed by atoms with Gasteiger partial charge in [0.2, 0.25) is 0 Å². The van der Waals surface area contributed by atoms with Crippen molar-refractivity contribution in [2.75, 3.05) is 11.3 Å². The van der Waals surface area contributed by atoms with Crippen molar-refractivity contribution in [1.29, 1.82) is 5.26 Å². The molecule has 11 nitrogen and oxygen atoms in total. The number of H-pyrrole nitrogens is 1. The summed E-state index contributed by atoms with van der Waals surface area (Å²) in [6.45, 7) is 5.81. The molecule has 0 amide bonds. The zero-order valence-electron chi connectivity index (χ0n) is 20.3. The average molecular weight is 508 g/mol. The summed E-state index contributed by atoms with van der Waals surface area (Å²) in [5.41, 5.74) is 2.40. The molecule has 0 fully saturated rings. The Hall–Kier alpha value is -4.24. The molecule has 36 heavy (non-hydrogen) atoms. The second-order valence-corrected chi connectivity index (χ2v) is 9.81. The highest BCUT2D eigenvalue weighted by atomic mass is 32.2. The minimum Gasteiger partial charge on any atom is -0.493 e. The lowest BCUT2D eigenvalue weighted by Crippen LogP contribution is -2.15. The smallest absolute Gasteiger partial charge is 0.277 e. The van der Waals surface area contributed by atoms with Crippen LogP contribution in [0.25, 0.3) is 22.4 Å². The van der Waals surface area contributed by atoms with E-state index in [-0.39, 0.29) is 27.7 Å². The number of hydrogen-bond donors (Lipinski definition) is 2. The van der Waals surface area contributed by atoms with E-state index in [9.17, 15) is 13.2 Å². The van der Waals surface area contributed by atoms with Gasteiger partial charge in [0.25, 0.3) is 15.6 Å². The van der Waals surface area contributed by atoms with Crippen LogP contribution < -0.4 is 15.0 Å². The number of rotatable bonds is 8. The van der Waals surface area contributed by atoms with E-state index in [0.717, 1.165) is 6.42 Å². The molecule has 0 atom stereocenters. The molecule has 0 aliphatic carbocycles. The number of aryl methyl sites for hydroxylation is 3. The van der Waals surface area contributed by atoms with Crippen LogP contribution in [0.2, 0.25) is 0 Å². The lowest BCUT2D eigenvalue weighted by Gasteiger charge is -2.13. The standard InChI is InChI=1S/C24H25N7O4S/c1-5-7-18-21-22(31(4)29-18)24(32)28-23(27-21)17-11-16(8-9-20(17)35-6-2)36(33,34)30-15-10-14(3)19(12-25)26-13-15/h8-11,13,30H,5-7H2,1-4H3,(H,27,28,32). The van der Waals surface area contributed by atoms with E-state index in [1.807, 2.05) is 13.0 Å². The molecule has 0 aliphatic rings. The first-order valence-corrected chi connectivity index (χ1v) is 12.8. The van der Waals surface area contributed by atoms with Gasteiger partial charge < -0.3 is 9.72 Å². The predicted octanol–water partition coefficient (Wildman–Crippen LogP) is 3.05. The van der Waals surface area contributed by atoms with Crippen molar-refractivity contribution < 1.29 is 13.2 Å². The molecule has 0 saturated heterocycles. The van der Waals surface area contributed by atoms with Gasteiger partial charge in [-0.1, -0.05) is 13.3 Å². The van der Waals surface area contributed by atoms with Crippen molar-refractivity contribution >= 4 is 26.7 Å². The molecule has 0 saturated carbocycles. The van der Waals surface area contributed by atoms with Gasteiger partial charge >= 0.3 is 0 Å². The maximum atomic E-state index is 13.2. The number of ether oxygens (including phenoxy) is 1. The fraction of sp³-hybridized carbons (Fsp3) is 0.292. The predicted molar refractivity (Wildman–Crippen MR) is 134 cm³/mol. The largest absolute Gasteiger partial charge is 0.493 e. The van der Waals surface area contributed by atoms with Crippen LogP contribution in [0.1, 0.15) is 37.2 Å². The number of nitrogens with zero attached hydrogens (tertiary/aromatic N) is 5. The molecule has 3 heterocycles. The van der Waals surface area contributed by atoms with Crippen molar-refractivity contribution in [2.45, 2.75) is 38.5 Å². The van der Waals surface area contributed by atoms with Crippen LogP contribution in [0.4, 0.5) is 5.69 Å². The molecule has 4 rings (SSSR count). The van der Waals surface area contributed by atoms with Crippen molar-refractivity contribution in [3.63, 3.8) is 0 Å². The van der Waals surface area contributed by atoms with Gasteiger partial charge in [-0.25, -0.2) is 18.4 Å². The topological polar surface area (TPSA) is 156 Å². The Morgan fingerprint density at radius 2 is 2.03 bits per heavy atom. The first-order valence-electron chi connectivity index (χ1n) is 11.3. The van der Waals surface area contributed by atoms with Crippen molar-refractivity contribution in [2.24, 2.45) is 7.05 Å². The number of sulfonamides is 1. The maximum absolute atomic E-state index is 13.2. The SMILES string of the molecule is CCCc1nn(C)c2c(=O)[nH]c(-c3cc(S(=O)(=O)Nc4cnc(C#N)c(C)c4)ccc3OCC)nc12. The number of pyridine rings is 1. The van der Waals surface area contributed by atoms with E-state index < -0.39 is 10.0 Å². The highest BCUT2D eigenvalue weighted by molar-refractivity contribution is 7.92. The van der Waals surface area contributed by atoms with Crippen LogP contribution in [0.15, 0.2) is 40.2 Å². The molecular formula is C24H25N7O4S. The summed E-state index contributed by atoms with van der Waals surface area (Å²) in [4.78, 5) is 24.2. The molecule has 0 spiro atoms. The summed E-state index contributed by atoms with van der Waals surface area (Å²) in [6, 6.07) is 7.81. The first-order chi connectivity index (χ1) is 17.2. The molecule has 2 N–H and O–H groups in total. The maximum Gasteiger partial charge on any atom is 0.277 e. The normalized spacial score (nSPS) is 11.4. The molecule has 0 aliphatic heterocycles. The molecule has 3 aromatic heterocycles.